The van der Waals surface area contributed by atoms with Gasteiger partial charge in [0.1, 0.15) is 11.9 Å². The zero-order valence-electron chi connectivity index (χ0n) is 16.1. The van der Waals surface area contributed by atoms with Gasteiger partial charge in [0.25, 0.3) is 0 Å². The van der Waals surface area contributed by atoms with E-state index in [1.165, 1.54) is 18.2 Å². The van der Waals surface area contributed by atoms with E-state index < -0.39 is 23.8 Å². The van der Waals surface area contributed by atoms with E-state index in [0.717, 1.165) is 37.8 Å². The summed E-state index contributed by atoms with van der Waals surface area (Å²) >= 11 is 0. The fraction of sp³-hybridized carbons (Fsp3) is 0.435. The fourth-order valence-electron chi connectivity index (χ4n) is 3.88. The molecular formula is C23H24F3NO2. The predicted octanol–water partition coefficient (Wildman–Crippen LogP) is 5.33. The van der Waals surface area contributed by atoms with E-state index in [9.17, 15) is 18.0 Å². The Kier molecular flexibility index (Phi) is 5.90. The third-order valence-corrected chi connectivity index (χ3v) is 5.67. The van der Waals surface area contributed by atoms with Crippen molar-refractivity contribution in [3.8, 4) is 0 Å². The van der Waals surface area contributed by atoms with E-state index in [-0.39, 0.29) is 11.7 Å². The number of hydrogen-bond acceptors (Lipinski definition) is 2. The molecule has 2 aromatic rings. The Morgan fingerprint density at radius 2 is 1.69 bits per heavy atom. The van der Waals surface area contributed by atoms with Gasteiger partial charge in [-0.15, -0.1) is 0 Å². The summed E-state index contributed by atoms with van der Waals surface area (Å²) in [5, 5.41) is 0. The van der Waals surface area contributed by atoms with Gasteiger partial charge in [-0.3, -0.25) is 4.79 Å². The number of benzene rings is 2. The summed E-state index contributed by atoms with van der Waals surface area (Å²) in [6.07, 6.45) is 3.60. The molecule has 2 fully saturated rings. The highest BCUT2D eigenvalue weighted by Crippen LogP contribution is 2.41. The Labute approximate surface area is 168 Å². The summed E-state index contributed by atoms with van der Waals surface area (Å²) in [6.45, 7) is 1.04. The van der Waals surface area contributed by atoms with Crippen LogP contribution in [-0.2, 0) is 9.53 Å². The molecule has 0 spiro atoms. The monoisotopic (exact) mass is 403 g/mol. The lowest BCUT2D eigenvalue weighted by atomic mass is 9.92. The van der Waals surface area contributed by atoms with Gasteiger partial charge in [0, 0.05) is 13.0 Å². The molecule has 0 radical (unpaired) electrons. The minimum Gasteiger partial charge on any atom is -0.371 e. The van der Waals surface area contributed by atoms with Crippen molar-refractivity contribution in [2.45, 2.75) is 44.2 Å². The molecule has 1 heterocycles. The standard InChI is InChI=1S/C23H24F3NO2/c24-18-9-6-16(7-10-18)22(27-12-2-1-3-21(27)28)23(29-14-15-4-5-15)17-8-11-19(25)20(26)13-17/h6-11,13,15,22-23H,1-5,12,14H2/t22-,23+/m1/s1. The minimum atomic E-state index is -0.953. The molecule has 2 aliphatic rings. The van der Waals surface area contributed by atoms with Crippen molar-refractivity contribution in [1.82, 2.24) is 4.90 Å². The quantitative estimate of drug-likeness (QED) is 0.626. The van der Waals surface area contributed by atoms with Crippen molar-refractivity contribution in [1.29, 1.82) is 0 Å². The highest BCUT2D eigenvalue weighted by Gasteiger charge is 2.36. The lowest BCUT2D eigenvalue weighted by Gasteiger charge is -2.39. The van der Waals surface area contributed by atoms with Gasteiger partial charge in [-0.05, 0) is 67.0 Å². The van der Waals surface area contributed by atoms with Gasteiger partial charge in [-0.1, -0.05) is 18.2 Å². The fourth-order valence-corrected chi connectivity index (χ4v) is 3.88. The number of likely N-dealkylation sites (tertiary alicyclic amines) is 1. The zero-order valence-corrected chi connectivity index (χ0v) is 16.1. The number of ether oxygens (including phenoxy) is 1. The molecule has 2 atom stereocenters. The van der Waals surface area contributed by atoms with E-state index in [4.69, 9.17) is 4.74 Å². The average Bonchev–Trinajstić information content (AvgIpc) is 3.54. The molecule has 3 nitrogen and oxygen atoms in total. The molecule has 0 N–H and O–H groups in total. The van der Waals surface area contributed by atoms with Gasteiger partial charge >= 0.3 is 0 Å². The summed E-state index contributed by atoms with van der Waals surface area (Å²) in [5.74, 6) is -1.81. The highest BCUT2D eigenvalue weighted by atomic mass is 19.2. The van der Waals surface area contributed by atoms with Crippen molar-refractivity contribution in [3.63, 3.8) is 0 Å². The molecule has 1 aliphatic heterocycles. The normalized spacial score (nSPS) is 19.3. The molecule has 0 aromatic heterocycles. The second-order valence-electron chi connectivity index (χ2n) is 7.91. The Morgan fingerprint density at radius 1 is 0.966 bits per heavy atom. The molecule has 1 saturated carbocycles. The Morgan fingerprint density at radius 3 is 2.34 bits per heavy atom. The van der Waals surface area contributed by atoms with Crippen LogP contribution < -0.4 is 0 Å². The molecule has 2 aromatic carbocycles. The first-order valence-electron chi connectivity index (χ1n) is 10.1. The second kappa shape index (κ2) is 8.57. The molecule has 0 bridgehead atoms. The molecule has 6 heteroatoms. The predicted molar refractivity (Wildman–Crippen MR) is 102 cm³/mol. The maximum atomic E-state index is 14.0. The Hall–Kier alpha value is -2.34. The van der Waals surface area contributed by atoms with Crippen LogP contribution in [0.2, 0.25) is 0 Å². The first-order valence-corrected chi connectivity index (χ1v) is 10.1. The molecule has 154 valence electrons. The Balaban J connectivity index is 1.75. The smallest absolute Gasteiger partial charge is 0.223 e. The van der Waals surface area contributed by atoms with Crippen LogP contribution in [0.15, 0.2) is 42.5 Å². The SMILES string of the molecule is O=C1CCCCN1[C@H](c1ccc(F)cc1)[C@@H](OCC1CC1)c1ccc(F)c(F)c1. The molecule has 1 aliphatic carbocycles. The van der Waals surface area contributed by atoms with Crippen LogP contribution in [0.1, 0.15) is 55.4 Å². The first kappa shape index (κ1) is 20.0. The lowest BCUT2D eigenvalue weighted by Crippen LogP contribution is -2.41. The number of hydrogen-bond donors (Lipinski definition) is 0. The summed E-state index contributed by atoms with van der Waals surface area (Å²) < 4.78 is 47.3. The van der Waals surface area contributed by atoms with Crippen LogP contribution in [0, 0.1) is 23.4 Å². The van der Waals surface area contributed by atoms with Gasteiger partial charge in [-0.2, -0.15) is 0 Å². The number of amides is 1. The van der Waals surface area contributed by atoms with Crippen molar-refractivity contribution < 1.29 is 22.7 Å². The van der Waals surface area contributed by atoms with Crippen LogP contribution in [0.4, 0.5) is 13.2 Å². The molecular weight excluding hydrogens is 379 g/mol. The highest BCUT2D eigenvalue weighted by molar-refractivity contribution is 5.77. The third-order valence-electron chi connectivity index (χ3n) is 5.67. The average molecular weight is 403 g/mol. The molecule has 4 rings (SSSR count). The largest absolute Gasteiger partial charge is 0.371 e. The van der Waals surface area contributed by atoms with E-state index in [1.54, 1.807) is 17.0 Å². The maximum Gasteiger partial charge on any atom is 0.223 e. The van der Waals surface area contributed by atoms with Crippen molar-refractivity contribution in [3.05, 3.63) is 71.0 Å². The van der Waals surface area contributed by atoms with Gasteiger partial charge in [-0.25, -0.2) is 13.2 Å². The number of piperidine rings is 1. The van der Waals surface area contributed by atoms with E-state index in [1.807, 2.05) is 0 Å². The third kappa shape index (κ3) is 4.64. The van der Waals surface area contributed by atoms with Crippen LogP contribution in [0.3, 0.4) is 0 Å². The number of nitrogens with zero attached hydrogens (tertiary/aromatic N) is 1. The van der Waals surface area contributed by atoms with Crippen molar-refractivity contribution in [2.24, 2.45) is 5.92 Å². The second-order valence-corrected chi connectivity index (χ2v) is 7.91. The molecule has 29 heavy (non-hydrogen) atoms. The zero-order chi connectivity index (χ0) is 20.4. The number of halogens is 3. The summed E-state index contributed by atoms with van der Waals surface area (Å²) in [5.41, 5.74) is 1.18. The van der Waals surface area contributed by atoms with Crippen molar-refractivity contribution in [2.75, 3.05) is 13.2 Å². The topological polar surface area (TPSA) is 29.5 Å². The van der Waals surface area contributed by atoms with Crippen LogP contribution in [0.25, 0.3) is 0 Å². The number of carbonyl (C=O) groups excluding carboxylic acids is 1. The van der Waals surface area contributed by atoms with Gasteiger partial charge in [0.05, 0.1) is 12.6 Å². The van der Waals surface area contributed by atoms with Gasteiger partial charge in [0.15, 0.2) is 11.6 Å². The maximum absolute atomic E-state index is 14.0. The minimum absolute atomic E-state index is 0.00631. The van der Waals surface area contributed by atoms with Crippen molar-refractivity contribution >= 4 is 5.91 Å². The van der Waals surface area contributed by atoms with Crippen LogP contribution in [0.5, 0.6) is 0 Å². The molecule has 1 amide bonds. The number of carbonyl (C=O) groups is 1. The van der Waals surface area contributed by atoms with Crippen LogP contribution >= 0.6 is 0 Å². The summed E-state index contributed by atoms with van der Waals surface area (Å²) in [6, 6.07) is 9.15. The van der Waals surface area contributed by atoms with E-state index >= 15 is 0 Å². The lowest BCUT2D eigenvalue weighted by molar-refractivity contribution is -0.141. The van der Waals surface area contributed by atoms with Gasteiger partial charge in [0.2, 0.25) is 5.91 Å². The van der Waals surface area contributed by atoms with Gasteiger partial charge < -0.3 is 9.64 Å². The van der Waals surface area contributed by atoms with E-state index in [0.29, 0.717) is 36.6 Å². The van der Waals surface area contributed by atoms with E-state index in [2.05, 4.69) is 0 Å². The van der Waals surface area contributed by atoms with Crippen LogP contribution in [-0.4, -0.2) is 24.0 Å². The summed E-state index contributed by atoms with van der Waals surface area (Å²) in [7, 11) is 0. The first-order chi connectivity index (χ1) is 14.0. The summed E-state index contributed by atoms with van der Waals surface area (Å²) in [4.78, 5) is 14.5. The number of rotatable bonds is 7. The molecule has 1 saturated heterocycles. The Bertz CT molecular complexity index is 867. The molecule has 0 unspecified atom stereocenters.